The Kier molecular flexibility index (Phi) is 5.08. The first kappa shape index (κ1) is 14.6. The van der Waals surface area contributed by atoms with Crippen molar-refractivity contribution in [2.24, 2.45) is 5.73 Å². The largest absolute Gasteiger partial charge is 0.377 e. The average molecular weight is 283 g/mol. The Labute approximate surface area is 120 Å². The van der Waals surface area contributed by atoms with Crippen LogP contribution in [0.1, 0.15) is 38.3 Å². The van der Waals surface area contributed by atoms with Crippen LogP contribution in [-0.4, -0.2) is 25.8 Å². The molecule has 1 aromatic rings. The van der Waals surface area contributed by atoms with Crippen LogP contribution >= 0.6 is 11.6 Å². The highest BCUT2D eigenvalue weighted by atomic mass is 35.5. The predicted octanol–water partition coefficient (Wildman–Crippen LogP) is 3.37. The standard InChI is InChI=1S/C15H23ClN2O/c1-3-19-13-5-4-8-18(10-13)12-6-7-14(11(2)17)15(16)9-12/h6-7,9,11,13H,3-5,8,10,17H2,1-2H3. The summed E-state index contributed by atoms with van der Waals surface area (Å²) in [5.41, 5.74) is 8.06. The van der Waals surface area contributed by atoms with Crippen molar-refractivity contribution < 1.29 is 4.74 Å². The van der Waals surface area contributed by atoms with Crippen molar-refractivity contribution in [1.29, 1.82) is 0 Å². The van der Waals surface area contributed by atoms with Gasteiger partial charge in [-0.05, 0) is 44.4 Å². The Morgan fingerprint density at radius 2 is 2.32 bits per heavy atom. The predicted molar refractivity (Wildman–Crippen MR) is 80.9 cm³/mol. The summed E-state index contributed by atoms with van der Waals surface area (Å²) in [5.74, 6) is 0. The third kappa shape index (κ3) is 3.62. The van der Waals surface area contributed by atoms with Crippen molar-refractivity contribution in [2.75, 3.05) is 24.6 Å². The number of anilines is 1. The molecule has 1 aromatic carbocycles. The van der Waals surface area contributed by atoms with E-state index >= 15 is 0 Å². The van der Waals surface area contributed by atoms with Crippen LogP contribution in [0.3, 0.4) is 0 Å². The molecule has 0 bridgehead atoms. The molecule has 0 radical (unpaired) electrons. The summed E-state index contributed by atoms with van der Waals surface area (Å²) >= 11 is 6.30. The number of nitrogens with zero attached hydrogens (tertiary/aromatic N) is 1. The monoisotopic (exact) mass is 282 g/mol. The highest BCUT2D eigenvalue weighted by molar-refractivity contribution is 6.31. The van der Waals surface area contributed by atoms with Gasteiger partial charge in [-0.3, -0.25) is 0 Å². The topological polar surface area (TPSA) is 38.5 Å². The summed E-state index contributed by atoms with van der Waals surface area (Å²) in [7, 11) is 0. The molecular weight excluding hydrogens is 260 g/mol. The SMILES string of the molecule is CCOC1CCCN(c2ccc(C(C)N)c(Cl)c2)C1. The van der Waals surface area contributed by atoms with E-state index in [1.54, 1.807) is 0 Å². The second-order valence-corrected chi connectivity index (χ2v) is 5.57. The Morgan fingerprint density at radius 1 is 1.53 bits per heavy atom. The molecule has 4 heteroatoms. The lowest BCUT2D eigenvalue weighted by Gasteiger charge is -2.34. The normalized spacial score (nSPS) is 21.5. The third-order valence-electron chi connectivity index (χ3n) is 3.62. The lowest BCUT2D eigenvalue weighted by Crippen LogP contribution is -2.39. The van der Waals surface area contributed by atoms with E-state index in [-0.39, 0.29) is 6.04 Å². The van der Waals surface area contributed by atoms with E-state index < -0.39 is 0 Å². The Bertz CT molecular complexity index is 421. The summed E-state index contributed by atoms with van der Waals surface area (Å²) < 4.78 is 5.73. The van der Waals surface area contributed by atoms with Crippen LogP contribution in [0.2, 0.25) is 5.02 Å². The molecule has 1 aliphatic heterocycles. The molecule has 19 heavy (non-hydrogen) atoms. The minimum absolute atomic E-state index is 0.0286. The molecule has 0 saturated carbocycles. The number of ether oxygens (including phenoxy) is 1. The molecule has 0 amide bonds. The molecule has 1 aliphatic rings. The van der Waals surface area contributed by atoms with Gasteiger partial charge in [0.2, 0.25) is 0 Å². The van der Waals surface area contributed by atoms with Crippen molar-refractivity contribution in [3.8, 4) is 0 Å². The summed E-state index contributed by atoms with van der Waals surface area (Å²) in [6, 6.07) is 6.14. The molecule has 1 fully saturated rings. The third-order valence-corrected chi connectivity index (χ3v) is 3.95. The first-order valence-corrected chi connectivity index (χ1v) is 7.41. The highest BCUT2D eigenvalue weighted by Gasteiger charge is 2.20. The van der Waals surface area contributed by atoms with Crippen molar-refractivity contribution in [1.82, 2.24) is 0 Å². The second kappa shape index (κ2) is 6.60. The fourth-order valence-corrected chi connectivity index (χ4v) is 2.97. The van der Waals surface area contributed by atoms with Gasteiger partial charge in [0.25, 0.3) is 0 Å². The van der Waals surface area contributed by atoms with Crippen LogP contribution < -0.4 is 10.6 Å². The van der Waals surface area contributed by atoms with Crippen LogP contribution in [0.25, 0.3) is 0 Å². The maximum atomic E-state index is 6.30. The van der Waals surface area contributed by atoms with Crippen LogP contribution in [0.15, 0.2) is 18.2 Å². The number of rotatable bonds is 4. The van der Waals surface area contributed by atoms with E-state index in [0.717, 1.165) is 43.1 Å². The molecule has 0 spiro atoms. The summed E-state index contributed by atoms with van der Waals surface area (Å²) in [6.07, 6.45) is 2.65. The van der Waals surface area contributed by atoms with Crippen LogP contribution in [0, 0.1) is 0 Å². The zero-order chi connectivity index (χ0) is 13.8. The fraction of sp³-hybridized carbons (Fsp3) is 0.600. The van der Waals surface area contributed by atoms with E-state index in [1.807, 2.05) is 26.0 Å². The Morgan fingerprint density at radius 3 is 2.95 bits per heavy atom. The van der Waals surface area contributed by atoms with Crippen molar-refractivity contribution >= 4 is 17.3 Å². The van der Waals surface area contributed by atoms with E-state index in [0.29, 0.717) is 6.10 Å². The van der Waals surface area contributed by atoms with Gasteiger partial charge in [0.15, 0.2) is 0 Å². The Balaban J connectivity index is 2.11. The molecule has 2 atom stereocenters. The summed E-state index contributed by atoms with van der Waals surface area (Å²) in [5, 5.41) is 0.756. The van der Waals surface area contributed by atoms with Gasteiger partial charge >= 0.3 is 0 Å². The maximum Gasteiger partial charge on any atom is 0.0750 e. The minimum Gasteiger partial charge on any atom is -0.377 e. The smallest absolute Gasteiger partial charge is 0.0750 e. The molecule has 0 aliphatic carbocycles. The number of nitrogens with two attached hydrogens (primary N) is 1. The molecule has 1 heterocycles. The van der Waals surface area contributed by atoms with Gasteiger partial charge in [0.05, 0.1) is 6.10 Å². The van der Waals surface area contributed by atoms with Gasteiger partial charge < -0.3 is 15.4 Å². The average Bonchev–Trinajstić information content (AvgIpc) is 2.39. The molecule has 0 aromatic heterocycles. The van der Waals surface area contributed by atoms with Gasteiger partial charge in [0.1, 0.15) is 0 Å². The minimum atomic E-state index is -0.0286. The molecule has 106 valence electrons. The molecule has 3 nitrogen and oxygen atoms in total. The van der Waals surface area contributed by atoms with E-state index in [9.17, 15) is 0 Å². The van der Waals surface area contributed by atoms with E-state index in [2.05, 4.69) is 11.0 Å². The quantitative estimate of drug-likeness (QED) is 0.920. The fourth-order valence-electron chi connectivity index (χ4n) is 2.63. The number of hydrogen-bond acceptors (Lipinski definition) is 3. The Hall–Kier alpha value is -0.770. The molecule has 2 unspecified atom stereocenters. The zero-order valence-corrected chi connectivity index (χ0v) is 12.5. The molecule has 1 saturated heterocycles. The molecule has 2 N–H and O–H groups in total. The molecular formula is C15H23ClN2O. The van der Waals surface area contributed by atoms with E-state index in [1.165, 1.54) is 5.69 Å². The van der Waals surface area contributed by atoms with Crippen molar-refractivity contribution in [3.05, 3.63) is 28.8 Å². The van der Waals surface area contributed by atoms with Crippen molar-refractivity contribution in [3.63, 3.8) is 0 Å². The van der Waals surface area contributed by atoms with Gasteiger partial charge in [-0.15, -0.1) is 0 Å². The van der Waals surface area contributed by atoms with Gasteiger partial charge in [-0.2, -0.15) is 0 Å². The summed E-state index contributed by atoms with van der Waals surface area (Å²) in [6.45, 7) is 6.79. The van der Waals surface area contributed by atoms with Crippen LogP contribution in [0.4, 0.5) is 5.69 Å². The lowest BCUT2D eigenvalue weighted by atomic mass is 10.1. The lowest BCUT2D eigenvalue weighted by molar-refractivity contribution is 0.0527. The highest BCUT2D eigenvalue weighted by Crippen LogP contribution is 2.29. The van der Waals surface area contributed by atoms with Crippen LogP contribution in [0.5, 0.6) is 0 Å². The first-order chi connectivity index (χ1) is 9.11. The second-order valence-electron chi connectivity index (χ2n) is 5.16. The van der Waals surface area contributed by atoms with Gasteiger partial charge in [0, 0.05) is 36.4 Å². The molecule has 2 rings (SSSR count). The van der Waals surface area contributed by atoms with Crippen molar-refractivity contribution in [2.45, 2.75) is 38.8 Å². The number of piperidine rings is 1. The van der Waals surface area contributed by atoms with Gasteiger partial charge in [-0.25, -0.2) is 0 Å². The summed E-state index contributed by atoms with van der Waals surface area (Å²) in [4.78, 5) is 2.35. The number of halogens is 1. The van der Waals surface area contributed by atoms with E-state index in [4.69, 9.17) is 22.1 Å². The number of benzene rings is 1. The van der Waals surface area contributed by atoms with Gasteiger partial charge in [-0.1, -0.05) is 17.7 Å². The van der Waals surface area contributed by atoms with Crippen LogP contribution in [-0.2, 0) is 4.74 Å². The first-order valence-electron chi connectivity index (χ1n) is 7.03. The zero-order valence-electron chi connectivity index (χ0n) is 11.7. The maximum absolute atomic E-state index is 6.30. The number of hydrogen-bond donors (Lipinski definition) is 1.